The van der Waals surface area contributed by atoms with Crippen LogP contribution in [0.1, 0.15) is 23.8 Å². The molecule has 0 unspecified atom stereocenters. The van der Waals surface area contributed by atoms with Crippen LogP contribution in [0, 0.1) is 20.2 Å². The highest BCUT2D eigenvalue weighted by molar-refractivity contribution is 7.86. The number of aryl methyl sites for hydroxylation is 1. The number of para-hydroxylation sites is 1. The van der Waals surface area contributed by atoms with Crippen molar-refractivity contribution in [1.29, 1.82) is 0 Å². The van der Waals surface area contributed by atoms with Crippen molar-refractivity contribution in [3.05, 3.63) is 92.5 Å². The van der Waals surface area contributed by atoms with Crippen LogP contribution in [-0.2, 0) is 36.6 Å². The first-order valence-electron chi connectivity index (χ1n) is 13.8. The van der Waals surface area contributed by atoms with Gasteiger partial charge in [-0.25, -0.2) is 19.7 Å². The molecule has 18 nitrogen and oxygen atoms in total. The Morgan fingerprint density at radius 3 is 2.57 bits per heavy atom. The summed E-state index contributed by atoms with van der Waals surface area (Å²) in [5.74, 6) is -0.463. The summed E-state index contributed by atoms with van der Waals surface area (Å²) < 4.78 is 42.6. The second kappa shape index (κ2) is 13.9. The van der Waals surface area contributed by atoms with Gasteiger partial charge in [-0.05, 0) is 12.0 Å². The van der Waals surface area contributed by atoms with Gasteiger partial charge in [-0.3, -0.25) is 34.3 Å². The summed E-state index contributed by atoms with van der Waals surface area (Å²) in [5, 5.41) is 35.0. The van der Waals surface area contributed by atoms with Gasteiger partial charge in [-0.2, -0.15) is 8.42 Å². The maximum absolute atomic E-state index is 12.5. The fourth-order valence-corrected chi connectivity index (χ4v) is 5.66. The molecule has 46 heavy (non-hydrogen) atoms. The number of nitro groups is 2. The molecular weight excluding hydrogens is 630 g/mol. The predicted molar refractivity (Wildman–Crippen MR) is 158 cm³/mol. The van der Waals surface area contributed by atoms with Crippen molar-refractivity contribution < 1.29 is 41.8 Å². The lowest BCUT2D eigenvalue weighted by molar-refractivity contribution is -0.385. The number of carbonyl (C=O) groups excluding carboxylic acids is 1. The standard InChI is InChI=1S/C27H27N7O11S/c35-21-13-23(45-22(21)14-44-46(41,42)12-10-18-3-1-2-4-20(18)34(39)40)32-16-30-24-25(28-15-29-26(24)32)31-27(36)43-11-9-17-5-7-19(8-6-17)33(37)38/h1-8,15-16,21-23,35H,9-14H2,(H,28,29,31,36)/t21-,22+,23+/m0/s1. The van der Waals surface area contributed by atoms with E-state index in [9.17, 15) is 38.5 Å². The first-order chi connectivity index (χ1) is 22.0. The van der Waals surface area contributed by atoms with Gasteiger partial charge in [-0.15, -0.1) is 0 Å². The van der Waals surface area contributed by atoms with Crippen LogP contribution in [0.5, 0.6) is 0 Å². The molecule has 3 atom stereocenters. The molecule has 1 saturated heterocycles. The lowest BCUT2D eigenvalue weighted by atomic mass is 10.1. The summed E-state index contributed by atoms with van der Waals surface area (Å²) in [4.78, 5) is 45.8. The first-order valence-corrected chi connectivity index (χ1v) is 15.4. The zero-order valence-electron chi connectivity index (χ0n) is 23.9. The van der Waals surface area contributed by atoms with Crippen LogP contribution in [0.4, 0.5) is 22.0 Å². The smallest absolute Gasteiger partial charge is 0.412 e. The molecule has 0 spiro atoms. The molecule has 1 amide bonds. The summed E-state index contributed by atoms with van der Waals surface area (Å²) in [6.45, 7) is -0.498. The number of aromatic nitrogens is 4. The summed E-state index contributed by atoms with van der Waals surface area (Å²) in [6.07, 6.45) is -0.955. The first kappa shape index (κ1) is 32.3. The molecule has 2 aromatic heterocycles. The summed E-state index contributed by atoms with van der Waals surface area (Å²) in [7, 11) is -4.11. The maximum atomic E-state index is 12.5. The Morgan fingerprint density at radius 1 is 1.07 bits per heavy atom. The minimum Gasteiger partial charge on any atom is -0.449 e. The number of non-ortho nitro benzene ring substituents is 1. The zero-order valence-corrected chi connectivity index (χ0v) is 24.7. The molecule has 2 aromatic carbocycles. The van der Waals surface area contributed by atoms with E-state index in [2.05, 4.69) is 20.3 Å². The quantitative estimate of drug-likeness (QED) is 0.119. The van der Waals surface area contributed by atoms with Crippen molar-refractivity contribution in [1.82, 2.24) is 19.5 Å². The molecule has 1 fully saturated rings. The highest BCUT2D eigenvalue weighted by Crippen LogP contribution is 2.32. The highest BCUT2D eigenvalue weighted by Gasteiger charge is 2.37. The van der Waals surface area contributed by atoms with E-state index in [1.807, 2.05) is 0 Å². The number of nitrogens with zero attached hydrogens (tertiary/aromatic N) is 6. The number of carbonyl (C=O) groups is 1. The van der Waals surface area contributed by atoms with Gasteiger partial charge in [0, 0.05) is 36.6 Å². The largest absolute Gasteiger partial charge is 0.449 e. The van der Waals surface area contributed by atoms with Gasteiger partial charge in [0.2, 0.25) is 0 Å². The molecular formula is C27H27N7O11S. The molecule has 2 N–H and O–H groups in total. The highest BCUT2D eigenvalue weighted by atomic mass is 32.2. The van der Waals surface area contributed by atoms with Gasteiger partial charge >= 0.3 is 6.09 Å². The number of aliphatic hydroxyl groups excluding tert-OH is 1. The Hall–Kier alpha value is -5.11. The van der Waals surface area contributed by atoms with Gasteiger partial charge in [-0.1, -0.05) is 30.3 Å². The van der Waals surface area contributed by atoms with Gasteiger partial charge in [0.05, 0.1) is 41.2 Å². The summed E-state index contributed by atoms with van der Waals surface area (Å²) in [5.41, 5.74) is 1.20. The second-order valence-corrected chi connectivity index (χ2v) is 11.9. The molecule has 5 rings (SSSR count). The fraction of sp³-hybridized carbons (Fsp3) is 0.333. The van der Waals surface area contributed by atoms with Crippen LogP contribution in [0.2, 0.25) is 0 Å². The fourth-order valence-electron chi connectivity index (χ4n) is 4.73. The van der Waals surface area contributed by atoms with Crippen LogP contribution >= 0.6 is 0 Å². The molecule has 1 aliphatic rings. The molecule has 3 heterocycles. The molecule has 0 aliphatic carbocycles. The number of rotatable bonds is 13. The monoisotopic (exact) mass is 657 g/mol. The van der Waals surface area contributed by atoms with Crippen LogP contribution < -0.4 is 5.32 Å². The number of imidazole rings is 1. The van der Waals surface area contributed by atoms with E-state index in [0.717, 1.165) is 5.56 Å². The number of benzene rings is 2. The molecule has 1 aliphatic heterocycles. The van der Waals surface area contributed by atoms with E-state index in [1.54, 1.807) is 18.2 Å². The SMILES string of the molecule is O=C(Nc1ncnc2c1ncn2[C@H]1C[C@H](O)[C@@H](COS(=O)(=O)CCc2ccccc2[N+](=O)[O-])O1)OCCc1ccc([N+](=O)[O-])cc1. The number of nitro benzene ring substituents is 2. The number of amides is 1. The number of anilines is 1. The number of aliphatic hydroxyl groups is 1. The third kappa shape index (κ3) is 7.75. The van der Waals surface area contributed by atoms with Crippen molar-refractivity contribution in [3.8, 4) is 0 Å². The molecule has 242 valence electrons. The van der Waals surface area contributed by atoms with Gasteiger partial charge in [0.15, 0.2) is 17.0 Å². The summed E-state index contributed by atoms with van der Waals surface area (Å²) in [6, 6.07) is 11.7. The van der Waals surface area contributed by atoms with E-state index in [1.165, 1.54) is 47.6 Å². The predicted octanol–water partition coefficient (Wildman–Crippen LogP) is 2.67. The summed E-state index contributed by atoms with van der Waals surface area (Å²) >= 11 is 0. The van der Waals surface area contributed by atoms with E-state index in [0.29, 0.717) is 6.42 Å². The Balaban J connectivity index is 1.15. The molecule has 19 heteroatoms. The van der Waals surface area contributed by atoms with Crippen molar-refractivity contribution in [2.75, 3.05) is 24.3 Å². The second-order valence-electron chi connectivity index (χ2n) is 10.1. The average molecular weight is 658 g/mol. The number of hydrogen-bond donors (Lipinski definition) is 2. The van der Waals surface area contributed by atoms with Crippen molar-refractivity contribution in [2.24, 2.45) is 0 Å². The van der Waals surface area contributed by atoms with Crippen LogP contribution in [0.3, 0.4) is 0 Å². The van der Waals surface area contributed by atoms with Crippen molar-refractivity contribution in [2.45, 2.75) is 37.7 Å². The minimum atomic E-state index is -4.11. The van der Waals surface area contributed by atoms with Crippen LogP contribution in [0.25, 0.3) is 11.2 Å². The van der Waals surface area contributed by atoms with Crippen molar-refractivity contribution in [3.63, 3.8) is 0 Å². The normalized spacial score (nSPS) is 18.0. The number of fused-ring (bicyclic) bond motifs is 1. The zero-order chi connectivity index (χ0) is 32.8. The van der Waals surface area contributed by atoms with E-state index < -0.39 is 56.9 Å². The molecule has 0 bridgehead atoms. The minimum absolute atomic E-state index is 0.00846. The molecule has 0 radical (unpaired) electrons. The van der Waals surface area contributed by atoms with Crippen molar-refractivity contribution >= 4 is 44.6 Å². The third-order valence-electron chi connectivity index (χ3n) is 7.09. The topological polar surface area (TPSA) is 241 Å². The maximum Gasteiger partial charge on any atom is 0.412 e. The third-order valence-corrected chi connectivity index (χ3v) is 8.29. The number of nitrogens with one attached hydrogen (secondary N) is 1. The Kier molecular flexibility index (Phi) is 9.75. The molecule has 0 saturated carbocycles. The van der Waals surface area contributed by atoms with Crippen LogP contribution in [0.15, 0.2) is 61.2 Å². The van der Waals surface area contributed by atoms with E-state index in [-0.39, 0.29) is 53.4 Å². The lowest BCUT2D eigenvalue weighted by Crippen LogP contribution is -2.29. The van der Waals surface area contributed by atoms with Crippen LogP contribution in [-0.4, -0.2) is 80.2 Å². The molecule has 4 aromatic rings. The lowest BCUT2D eigenvalue weighted by Gasteiger charge is -2.16. The Bertz CT molecular complexity index is 1850. The number of ether oxygens (including phenoxy) is 2. The Labute approximate surface area is 260 Å². The van der Waals surface area contributed by atoms with E-state index in [4.69, 9.17) is 13.7 Å². The Morgan fingerprint density at radius 2 is 1.83 bits per heavy atom. The van der Waals surface area contributed by atoms with Gasteiger partial charge < -0.3 is 14.6 Å². The van der Waals surface area contributed by atoms with Gasteiger partial charge in [0.25, 0.3) is 21.5 Å². The average Bonchev–Trinajstić information content (AvgIpc) is 3.63. The van der Waals surface area contributed by atoms with E-state index >= 15 is 0 Å². The van der Waals surface area contributed by atoms with Gasteiger partial charge in [0.1, 0.15) is 18.7 Å². The number of hydrogen-bond acceptors (Lipinski definition) is 14.